The number of hydrogen-bond donors (Lipinski definition) is 2. The van der Waals surface area contributed by atoms with E-state index in [1.807, 2.05) is 31.9 Å². The molecule has 1 rings (SSSR count). The fourth-order valence-corrected chi connectivity index (χ4v) is 1.71. The van der Waals surface area contributed by atoms with Crippen LogP contribution in [-0.4, -0.2) is 32.2 Å². The van der Waals surface area contributed by atoms with E-state index in [1.165, 1.54) is 6.07 Å². The molecule has 106 valence electrons. The lowest BCUT2D eigenvalue weighted by Crippen LogP contribution is -2.40. The van der Waals surface area contributed by atoms with Crippen molar-refractivity contribution in [2.45, 2.75) is 26.3 Å². The predicted octanol–water partition coefficient (Wildman–Crippen LogP) is 2.36. The third kappa shape index (κ3) is 5.59. The van der Waals surface area contributed by atoms with Gasteiger partial charge in [0.1, 0.15) is 5.82 Å². The molecule has 2 amide bonds. The summed E-state index contributed by atoms with van der Waals surface area (Å²) in [4.78, 5) is 13.2. The smallest absolute Gasteiger partial charge is 0.314 e. The van der Waals surface area contributed by atoms with Crippen molar-refractivity contribution >= 4 is 11.7 Å². The maximum absolute atomic E-state index is 13.5. The SMILES string of the molecule is CC(C)NC(=O)NCCCN(C)c1ccccc1F. The Morgan fingerprint density at radius 1 is 1.37 bits per heavy atom. The number of nitrogens with one attached hydrogen (secondary N) is 2. The van der Waals surface area contributed by atoms with Crippen LogP contribution in [0.1, 0.15) is 20.3 Å². The second kappa shape index (κ2) is 7.61. The Balaban J connectivity index is 2.26. The fraction of sp³-hybridized carbons (Fsp3) is 0.500. The van der Waals surface area contributed by atoms with E-state index in [0.717, 1.165) is 6.42 Å². The van der Waals surface area contributed by atoms with Crippen molar-refractivity contribution in [2.75, 3.05) is 25.0 Å². The summed E-state index contributed by atoms with van der Waals surface area (Å²) in [5.41, 5.74) is 0.578. The van der Waals surface area contributed by atoms with Crippen LogP contribution in [0.5, 0.6) is 0 Å². The molecule has 0 aliphatic rings. The van der Waals surface area contributed by atoms with E-state index in [0.29, 0.717) is 18.8 Å². The van der Waals surface area contributed by atoms with Crippen molar-refractivity contribution in [1.29, 1.82) is 0 Å². The van der Waals surface area contributed by atoms with Crippen LogP contribution >= 0.6 is 0 Å². The van der Waals surface area contributed by atoms with Gasteiger partial charge in [-0.1, -0.05) is 12.1 Å². The number of benzene rings is 1. The van der Waals surface area contributed by atoms with Crippen molar-refractivity contribution in [2.24, 2.45) is 0 Å². The first-order valence-corrected chi connectivity index (χ1v) is 6.50. The van der Waals surface area contributed by atoms with Crippen LogP contribution in [0.2, 0.25) is 0 Å². The Kier molecular flexibility index (Phi) is 6.12. The molecule has 0 saturated heterocycles. The number of urea groups is 1. The highest BCUT2D eigenvalue weighted by Gasteiger charge is 2.06. The number of carbonyl (C=O) groups is 1. The Morgan fingerprint density at radius 3 is 2.68 bits per heavy atom. The molecule has 1 aromatic rings. The number of nitrogens with zero attached hydrogens (tertiary/aromatic N) is 1. The average molecular weight is 267 g/mol. The molecule has 0 saturated carbocycles. The monoisotopic (exact) mass is 267 g/mol. The zero-order valence-corrected chi connectivity index (χ0v) is 11.7. The van der Waals surface area contributed by atoms with Crippen LogP contribution in [0.25, 0.3) is 0 Å². The second-order valence-corrected chi connectivity index (χ2v) is 4.78. The zero-order valence-electron chi connectivity index (χ0n) is 11.7. The number of halogens is 1. The summed E-state index contributed by atoms with van der Waals surface area (Å²) >= 11 is 0. The molecule has 0 spiro atoms. The molecule has 0 fully saturated rings. The van der Waals surface area contributed by atoms with Gasteiger partial charge in [-0.05, 0) is 32.4 Å². The van der Waals surface area contributed by atoms with Gasteiger partial charge >= 0.3 is 6.03 Å². The van der Waals surface area contributed by atoms with E-state index in [4.69, 9.17) is 0 Å². The van der Waals surface area contributed by atoms with Gasteiger partial charge in [0, 0.05) is 26.2 Å². The highest BCUT2D eigenvalue weighted by atomic mass is 19.1. The third-order valence-corrected chi connectivity index (χ3v) is 2.64. The van der Waals surface area contributed by atoms with E-state index in [1.54, 1.807) is 12.1 Å². The number of amides is 2. The molecule has 1 aromatic carbocycles. The lowest BCUT2D eigenvalue weighted by Gasteiger charge is -2.20. The quantitative estimate of drug-likeness (QED) is 0.777. The molecule has 19 heavy (non-hydrogen) atoms. The van der Waals surface area contributed by atoms with Gasteiger partial charge in [-0.3, -0.25) is 0 Å². The molecule has 0 unspecified atom stereocenters. The topological polar surface area (TPSA) is 44.4 Å². The van der Waals surface area contributed by atoms with Gasteiger partial charge in [0.15, 0.2) is 0 Å². The zero-order chi connectivity index (χ0) is 14.3. The van der Waals surface area contributed by atoms with Gasteiger partial charge in [0.05, 0.1) is 5.69 Å². The molecule has 0 aromatic heterocycles. The molecule has 0 radical (unpaired) electrons. The summed E-state index contributed by atoms with van der Waals surface area (Å²) in [6.45, 7) is 5.07. The minimum atomic E-state index is -0.226. The van der Waals surface area contributed by atoms with Gasteiger partial charge < -0.3 is 15.5 Å². The predicted molar refractivity (Wildman–Crippen MR) is 76.0 cm³/mol. The van der Waals surface area contributed by atoms with Gasteiger partial charge in [0.2, 0.25) is 0 Å². The first-order valence-electron chi connectivity index (χ1n) is 6.50. The van der Waals surface area contributed by atoms with Crippen LogP contribution in [-0.2, 0) is 0 Å². The van der Waals surface area contributed by atoms with Gasteiger partial charge in [-0.25, -0.2) is 9.18 Å². The maximum Gasteiger partial charge on any atom is 0.314 e. The maximum atomic E-state index is 13.5. The highest BCUT2D eigenvalue weighted by Crippen LogP contribution is 2.16. The standard InChI is InChI=1S/C14H22FN3O/c1-11(2)17-14(19)16-9-6-10-18(3)13-8-5-4-7-12(13)15/h4-5,7-8,11H,6,9-10H2,1-3H3,(H2,16,17,19). The molecular formula is C14H22FN3O. The number of anilines is 1. The molecule has 5 heteroatoms. The fourth-order valence-electron chi connectivity index (χ4n) is 1.71. The first-order chi connectivity index (χ1) is 9.00. The largest absolute Gasteiger partial charge is 0.372 e. The normalized spacial score (nSPS) is 10.4. The molecule has 2 N–H and O–H groups in total. The highest BCUT2D eigenvalue weighted by molar-refractivity contribution is 5.74. The molecule has 0 bridgehead atoms. The van der Waals surface area contributed by atoms with Gasteiger partial charge in [-0.15, -0.1) is 0 Å². The van der Waals surface area contributed by atoms with Crippen LogP contribution in [0.15, 0.2) is 24.3 Å². The van der Waals surface area contributed by atoms with E-state index >= 15 is 0 Å². The van der Waals surface area contributed by atoms with Crippen LogP contribution in [0, 0.1) is 5.82 Å². The molecular weight excluding hydrogens is 245 g/mol. The van der Waals surface area contributed by atoms with Crippen molar-refractivity contribution in [1.82, 2.24) is 10.6 Å². The molecule has 0 heterocycles. The Hall–Kier alpha value is -1.78. The van der Waals surface area contributed by atoms with E-state index in [2.05, 4.69) is 10.6 Å². The van der Waals surface area contributed by atoms with Crippen LogP contribution in [0.3, 0.4) is 0 Å². The summed E-state index contributed by atoms with van der Waals surface area (Å²) in [6, 6.07) is 6.63. The summed E-state index contributed by atoms with van der Waals surface area (Å²) in [6.07, 6.45) is 0.760. The van der Waals surface area contributed by atoms with Crippen molar-refractivity contribution in [3.05, 3.63) is 30.1 Å². The Labute approximate surface area is 114 Å². The van der Waals surface area contributed by atoms with Gasteiger partial charge in [0.25, 0.3) is 0 Å². The summed E-state index contributed by atoms with van der Waals surface area (Å²) in [7, 11) is 1.84. The van der Waals surface area contributed by atoms with E-state index in [-0.39, 0.29) is 17.9 Å². The number of rotatable bonds is 6. The number of para-hydroxylation sites is 1. The minimum absolute atomic E-state index is 0.126. The minimum Gasteiger partial charge on any atom is -0.372 e. The lowest BCUT2D eigenvalue weighted by atomic mass is 10.2. The molecule has 0 aliphatic heterocycles. The summed E-state index contributed by atoms with van der Waals surface area (Å²) in [5.74, 6) is -0.226. The number of carbonyl (C=O) groups excluding carboxylic acids is 1. The molecule has 4 nitrogen and oxygen atoms in total. The third-order valence-electron chi connectivity index (χ3n) is 2.64. The second-order valence-electron chi connectivity index (χ2n) is 4.78. The average Bonchev–Trinajstić information content (AvgIpc) is 2.34. The van der Waals surface area contributed by atoms with Crippen molar-refractivity contribution in [3.8, 4) is 0 Å². The van der Waals surface area contributed by atoms with Crippen molar-refractivity contribution in [3.63, 3.8) is 0 Å². The Bertz CT molecular complexity index is 409. The molecule has 0 aliphatic carbocycles. The summed E-state index contributed by atoms with van der Waals surface area (Å²) in [5, 5.41) is 5.51. The first kappa shape index (κ1) is 15.3. The van der Waals surface area contributed by atoms with E-state index < -0.39 is 0 Å². The Morgan fingerprint density at radius 2 is 2.05 bits per heavy atom. The summed E-state index contributed by atoms with van der Waals surface area (Å²) < 4.78 is 13.5. The molecule has 0 atom stereocenters. The van der Waals surface area contributed by atoms with E-state index in [9.17, 15) is 9.18 Å². The van der Waals surface area contributed by atoms with Crippen molar-refractivity contribution < 1.29 is 9.18 Å². The van der Waals surface area contributed by atoms with Crippen LogP contribution < -0.4 is 15.5 Å². The lowest BCUT2D eigenvalue weighted by molar-refractivity contribution is 0.238. The van der Waals surface area contributed by atoms with Crippen LogP contribution in [0.4, 0.5) is 14.9 Å². The van der Waals surface area contributed by atoms with Gasteiger partial charge in [-0.2, -0.15) is 0 Å². The number of hydrogen-bond acceptors (Lipinski definition) is 2.